The highest BCUT2D eigenvalue weighted by Gasteiger charge is 2.05. The van der Waals surface area contributed by atoms with Crippen LogP contribution in [0.4, 0.5) is 0 Å². The Hall–Kier alpha value is -0.380. The molecule has 0 amide bonds. The molecule has 1 aromatic carbocycles. The average molecular weight is 279 g/mol. The third kappa shape index (κ3) is 4.22. The molecule has 0 heterocycles. The summed E-state index contributed by atoms with van der Waals surface area (Å²) in [5.74, 6) is 0.150. The number of halogens is 2. The Balaban J connectivity index is 0.00000169. The van der Waals surface area contributed by atoms with Crippen molar-refractivity contribution in [2.75, 3.05) is 20.6 Å². The van der Waals surface area contributed by atoms with Crippen molar-refractivity contribution in [3.8, 4) is 0 Å². The molecule has 0 unspecified atom stereocenters. The summed E-state index contributed by atoms with van der Waals surface area (Å²) in [5, 5.41) is 0. The van der Waals surface area contributed by atoms with Crippen molar-refractivity contribution in [2.24, 2.45) is 0 Å². The van der Waals surface area contributed by atoms with E-state index in [9.17, 15) is 4.79 Å². The van der Waals surface area contributed by atoms with E-state index in [1.165, 1.54) is 0 Å². The number of hydrogen-bond acceptors (Lipinski definition) is 2. The van der Waals surface area contributed by atoms with Crippen LogP contribution in [0, 0.1) is 0 Å². The standard InChI is InChI=1S/C10H12BrNO.ClH/c1-12(2)7-10(13)8-3-5-9(11)6-4-8;/h3-6H,7H2,1-2H3;1H. The first-order valence-electron chi connectivity index (χ1n) is 4.03. The zero-order valence-electron chi connectivity index (χ0n) is 8.16. The van der Waals surface area contributed by atoms with Gasteiger partial charge < -0.3 is 4.90 Å². The van der Waals surface area contributed by atoms with Gasteiger partial charge in [-0.2, -0.15) is 0 Å². The Bertz CT molecular complexity index is 297. The van der Waals surface area contributed by atoms with Crippen LogP contribution < -0.4 is 0 Å². The summed E-state index contributed by atoms with van der Waals surface area (Å²) < 4.78 is 0.994. The van der Waals surface area contributed by atoms with Crippen LogP contribution in [0.25, 0.3) is 0 Å². The summed E-state index contributed by atoms with van der Waals surface area (Å²) >= 11 is 3.32. The van der Waals surface area contributed by atoms with Gasteiger partial charge in [-0.15, -0.1) is 12.4 Å². The van der Waals surface area contributed by atoms with Crippen molar-refractivity contribution < 1.29 is 4.79 Å². The molecule has 1 aromatic rings. The molecule has 0 aliphatic carbocycles. The van der Waals surface area contributed by atoms with E-state index in [1.807, 2.05) is 43.3 Å². The minimum atomic E-state index is 0. The molecule has 2 nitrogen and oxygen atoms in total. The Labute approximate surface area is 98.8 Å². The smallest absolute Gasteiger partial charge is 0.176 e. The first-order chi connectivity index (χ1) is 6.09. The van der Waals surface area contributed by atoms with E-state index in [0.29, 0.717) is 6.54 Å². The lowest BCUT2D eigenvalue weighted by atomic mass is 10.1. The molecule has 0 spiro atoms. The summed E-state index contributed by atoms with van der Waals surface area (Å²) in [7, 11) is 3.77. The number of hydrogen-bond donors (Lipinski definition) is 0. The topological polar surface area (TPSA) is 20.3 Å². The number of carbonyl (C=O) groups is 1. The summed E-state index contributed by atoms with van der Waals surface area (Å²) in [5.41, 5.74) is 0.761. The molecular formula is C10H13BrClNO. The second-order valence-electron chi connectivity index (χ2n) is 3.17. The Morgan fingerprint density at radius 3 is 2.21 bits per heavy atom. The number of likely N-dealkylation sites (N-methyl/N-ethyl adjacent to an activating group) is 1. The molecule has 0 aromatic heterocycles. The molecule has 4 heteroatoms. The van der Waals surface area contributed by atoms with Gasteiger partial charge in [0, 0.05) is 10.0 Å². The molecule has 1 rings (SSSR count). The average Bonchev–Trinajstić information content (AvgIpc) is 2.04. The minimum absolute atomic E-state index is 0. The van der Waals surface area contributed by atoms with Gasteiger partial charge in [-0.25, -0.2) is 0 Å². The number of Topliss-reactive ketones (excluding diaryl/α,β-unsaturated/α-hetero) is 1. The van der Waals surface area contributed by atoms with E-state index in [4.69, 9.17) is 0 Å². The van der Waals surface area contributed by atoms with Crippen LogP contribution in [-0.4, -0.2) is 31.3 Å². The lowest BCUT2D eigenvalue weighted by Crippen LogP contribution is -2.21. The molecule has 14 heavy (non-hydrogen) atoms. The molecule has 0 atom stereocenters. The van der Waals surface area contributed by atoms with E-state index in [1.54, 1.807) is 0 Å². The number of ketones is 1. The third-order valence-electron chi connectivity index (χ3n) is 1.63. The van der Waals surface area contributed by atoms with E-state index < -0.39 is 0 Å². The van der Waals surface area contributed by atoms with Gasteiger partial charge >= 0.3 is 0 Å². The maximum Gasteiger partial charge on any atom is 0.176 e. The van der Waals surface area contributed by atoms with Crippen LogP contribution in [0.3, 0.4) is 0 Å². The molecule has 0 saturated carbocycles. The molecule has 0 bridgehead atoms. The quantitative estimate of drug-likeness (QED) is 0.792. The molecule has 0 aliphatic rings. The second kappa shape index (κ2) is 6.17. The monoisotopic (exact) mass is 277 g/mol. The van der Waals surface area contributed by atoms with Gasteiger partial charge in [0.25, 0.3) is 0 Å². The molecule has 0 fully saturated rings. The van der Waals surface area contributed by atoms with Gasteiger partial charge in [-0.3, -0.25) is 4.79 Å². The van der Waals surface area contributed by atoms with E-state index >= 15 is 0 Å². The van der Waals surface area contributed by atoms with E-state index in [2.05, 4.69) is 15.9 Å². The zero-order valence-corrected chi connectivity index (χ0v) is 10.6. The Kier molecular flexibility index (Phi) is 6.00. The van der Waals surface area contributed by atoms with Crippen LogP contribution in [0.1, 0.15) is 10.4 Å². The van der Waals surface area contributed by atoms with Gasteiger partial charge in [0.15, 0.2) is 5.78 Å². The van der Waals surface area contributed by atoms with Crippen molar-refractivity contribution in [1.82, 2.24) is 4.90 Å². The van der Waals surface area contributed by atoms with Crippen molar-refractivity contribution in [3.63, 3.8) is 0 Å². The van der Waals surface area contributed by atoms with Crippen molar-refractivity contribution in [1.29, 1.82) is 0 Å². The van der Waals surface area contributed by atoms with Gasteiger partial charge in [-0.05, 0) is 26.2 Å². The Morgan fingerprint density at radius 2 is 1.79 bits per heavy atom. The molecular weight excluding hydrogens is 265 g/mol. The predicted octanol–water partition coefficient (Wildman–Crippen LogP) is 2.62. The lowest BCUT2D eigenvalue weighted by molar-refractivity contribution is 0.0958. The zero-order chi connectivity index (χ0) is 9.84. The fourth-order valence-corrected chi connectivity index (χ4v) is 1.28. The van der Waals surface area contributed by atoms with Gasteiger partial charge in [0.1, 0.15) is 0 Å². The molecule has 0 aliphatic heterocycles. The summed E-state index contributed by atoms with van der Waals surface area (Å²) in [6.45, 7) is 0.460. The van der Waals surface area contributed by atoms with Gasteiger partial charge in [0.2, 0.25) is 0 Å². The van der Waals surface area contributed by atoms with Crippen LogP contribution in [0.15, 0.2) is 28.7 Å². The highest BCUT2D eigenvalue weighted by atomic mass is 79.9. The first-order valence-corrected chi connectivity index (χ1v) is 4.82. The highest BCUT2D eigenvalue weighted by Crippen LogP contribution is 2.10. The summed E-state index contributed by atoms with van der Waals surface area (Å²) in [6, 6.07) is 7.41. The minimum Gasteiger partial charge on any atom is -0.302 e. The molecule has 78 valence electrons. The fourth-order valence-electron chi connectivity index (χ4n) is 1.01. The third-order valence-corrected chi connectivity index (χ3v) is 2.15. The fraction of sp³-hybridized carbons (Fsp3) is 0.300. The number of nitrogens with zero attached hydrogens (tertiary/aromatic N) is 1. The largest absolute Gasteiger partial charge is 0.302 e. The van der Waals surface area contributed by atoms with Crippen LogP contribution >= 0.6 is 28.3 Å². The van der Waals surface area contributed by atoms with E-state index in [0.717, 1.165) is 10.0 Å². The van der Waals surface area contributed by atoms with Gasteiger partial charge in [-0.1, -0.05) is 28.1 Å². The normalized spacial score (nSPS) is 9.71. The van der Waals surface area contributed by atoms with Gasteiger partial charge in [0.05, 0.1) is 6.54 Å². The van der Waals surface area contributed by atoms with Crippen molar-refractivity contribution in [2.45, 2.75) is 0 Å². The van der Waals surface area contributed by atoms with E-state index in [-0.39, 0.29) is 18.2 Å². The SMILES string of the molecule is CN(C)CC(=O)c1ccc(Br)cc1.Cl. The van der Waals surface area contributed by atoms with Crippen LogP contribution in [0.5, 0.6) is 0 Å². The van der Waals surface area contributed by atoms with Crippen molar-refractivity contribution in [3.05, 3.63) is 34.3 Å². The molecule has 0 N–H and O–H groups in total. The van der Waals surface area contributed by atoms with Crippen LogP contribution in [-0.2, 0) is 0 Å². The molecule has 0 radical (unpaired) electrons. The predicted molar refractivity (Wildman–Crippen MR) is 64.3 cm³/mol. The maximum absolute atomic E-state index is 11.5. The lowest BCUT2D eigenvalue weighted by Gasteiger charge is -2.07. The number of benzene rings is 1. The maximum atomic E-state index is 11.5. The summed E-state index contributed by atoms with van der Waals surface area (Å²) in [4.78, 5) is 13.4. The van der Waals surface area contributed by atoms with Crippen molar-refractivity contribution >= 4 is 34.1 Å². The second-order valence-corrected chi connectivity index (χ2v) is 4.08. The number of rotatable bonds is 3. The Morgan fingerprint density at radius 1 is 1.29 bits per heavy atom. The number of carbonyl (C=O) groups excluding carboxylic acids is 1. The first kappa shape index (κ1) is 13.6. The molecule has 0 saturated heterocycles. The summed E-state index contributed by atoms with van der Waals surface area (Å²) in [6.07, 6.45) is 0. The highest BCUT2D eigenvalue weighted by molar-refractivity contribution is 9.10. The van der Waals surface area contributed by atoms with Crippen LogP contribution in [0.2, 0.25) is 0 Å².